The molecule has 142 valence electrons. The Morgan fingerprint density at radius 3 is 2.37 bits per heavy atom. The smallest absolute Gasteiger partial charge is 0.338 e. The molecule has 0 radical (unpaired) electrons. The van der Waals surface area contributed by atoms with Gasteiger partial charge < -0.3 is 18.3 Å². The van der Waals surface area contributed by atoms with Gasteiger partial charge in [-0.15, -0.1) is 0 Å². The maximum Gasteiger partial charge on any atom is 0.338 e. The van der Waals surface area contributed by atoms with Gasteiger partial charge in [-0.25, -0.2) is 4.79 Å². The molecule has 0 spiro atoms. The van der Waals surface area contributed by atoms with Crippen molar-refractivity contribution in [3.05, 3.63) is 46.1 Å². The summed E-state index contributed by atoms with van der Waals surface area (Å²) in [4.78, 5) is 25.8. The van der Waals surface area contributed by atoms with Crippen molar-refractivity contribution in [1.82, 2.24) is 0 Å². The van der Waals surface area contributed by atoms with E-state index in [9.17, 15) is 18.7 Å². The largest absolute Gasteiger partial charge is 0.612 e. The first kappa shape index (κ1) is 19.8. The van der Waals surface area contributed by atoms with Gasteiger partial charge in [0.1, 0.15) is 18.1 Å². The maximum atomic E-state index is 13.0. The molecule has 6 nitrogen and oxygen atoms in total. The average Bonchev–Trinajstić information content (AvgIpc) is 2.60. The number of benzene rings is 2. The summed E-state index contributed by atoms with van der Waals surface area (Å²) >= 11 is -2.80. The van der Waals surface area contributed by atoms with Crippen molar-refractivity contribution in [2.24, 2.45) is 0 Å². The Morgan fingerprint density at radius 1 is 1.07 bits per heavy atom. The lowest BCUT2D eigenvalue weighted by molar-refractivity contribution is 0.0378. The fourth-order valence-electron chi connectivity index (χ4n) is 2.69. The Balaban J connectivity index is 2.31. The third kappa shape index (κ3) is 3.84. The van der Waals surface area contributed by atoms with Crippen molar-refractivity contribution >= 4 is 50.3 Å². The number of carbonyl (C=O) groups excluding carboxylic acids is 1. The zero-order valence-electron chi connectivity index (χ0n) is 15.2. The second kappa shape index (κ2) is 7.55. The average molecular weight is 406 g/mol. The normalized spacial score (nSPS) is 13.9. The summed E-state index contributed by atoms with van der Waals surface area (Å²) in [5.41, 5.74) is 0.313. The predicted octanol–water partition coefficient (Wildman–Crippen LogP) is 2.99. The third-order valence-electron chi connectivity index (χ3n) is 3.93. The van der Waals surface area contributed by atoms with Crippen molar-refractivity contribution in [3.63, 3.8) is 0 Å². The summed E-state index contributed by atoms with van der Waals surface area (Å²) in [5, 5.41) is 0.377. The fourth-order valence-corrected chi connectivity index (χ4v) is 4.04. The van der Waals surface area contributed by atoms with Crippen molar-refractivity contribution in [1.29, 1.82) is 0 Å². The predicted molar refractivity (Wildman–Crippen MR) is 105 cm³/mol. The first-order chi connectivity index (χ1) is 12.7. The van der Waals surface area contributed by atoms with Gasteiger partial charge in [-0.05, 0) is 54.4 Å². The molecule has 0 amide bonds. The molecule has 0 saturated heterocycles. The summed E-state index contributed by atoms with van der Waals surface area (Å²) in [6.45, 7) is 3.47. The van der Waals surface area contributed by atoms with E-state index in [0.717, 1.165) is 0 Å². The molecule has 0 aliphatic rings. The zero-order valence-corrected chi connectivity index (χ0v) is 16.9. The molecule has 1 aromatic heterocycles. The maximum absolute atomic E-state index is 13.0. The molecule has 0 aliphatic heterocycles. The van der Waals surface area contributed by atoms with E-state index in [1.165, 1.54) is 42.8 Å². The Kier molecular flexibility index (Phi) is 5.53. The van der Waals surface area contributed by atoms with E-state index in [2.05, 4.69) is 0 Å². The number of carbonyl (C=O) groups is 1. The molecule has 0 N–H and O–H groups in total. The van der Waals surface area contributed by atoms with Crippen LogP contribution < -0.4 is 5.43 Å². The quantitative estimate of drug-likeness (QED) is 0.375. The fraction of sp³-hybridized carbons (Fsp3) is 0.263. The third-order valence-corrected chi connectivity index (χ3v) is 5.75. The van der Waals surface area contributed by atoms with Gasteiger partial charge in [-0.1, -0.05) is 0 Å². The van der Waals surface area contributed by atoms with E-state index < -0.39 is 28.3 Å². The SMILES string of the molecule is CC(C)OC(=O)c1ccc2oc3c([S+](C)[O-])cc([S+](C)[O-])cc3c(=O)c2c1. The second-order valence-electron chi connectivity index (χ2n) is 6.30. The lowest BCUT2D eigenvalue weighted by Crippen LogP contribution is -2.13. The van der Waals surface area contributed by atoms with Crippen LogP contribution in [0.4, 0.5) is 0 Å². The zero-order chi connectivity index (χ0) is 19.9. The highest BCUT2D eigenvalue weighted by Crippen LogP contribution is 2.29. The van der Waals surface area contributed by atoms with Crippen LogP contribution in [0.5, 0.6) is 0 Å². The van der Waals surface area contributed by atoms with E-state index in [1.807, 2.05) is 0 Å². The van der Waals surface area contributed by atoms with Gasteiger partial charge in [0.25, 0.3) is 0 Å². The van der Waals surface area contributed by atoms with Gasteiger partial charge in [0.15, 0.2) is 10.5 Å². The molecule has 0 fully saturated rings. The van der Waals surface area contributed by atoms with Gasteiger partial charge in [0.2, 0.25) is 10.3 Å². The topological polar surface area (TPSA) is 103 Å². The number of fused-ring (bicyclic) bond motifs is 2. The monoisotopic (exact) mass is 406 g/mol. The van der Waals surface area contributed by atoms with Gasteiger partial charge >= 0.3 is 5.97 Å². The molecular formula is C19H18O6S2. The first-order valence-corrected chi connectivity index (χ1v) is 11.2. The van der Waals surface area contributed by atoms with Crippen molar-refractivity contribution in [2.75, 3.05) is 12.5 Å². The van der Waals surface area contributed by atoms with Gasteiger partial charge in [-0.3, -0.25) is 4.79 Å². The molecule has 0 bridgehead atoms. The molecule has 0 aliphatic carbocycles. The second-order valence-corrected chi connectivity index (χ2v) is 9.03. The van der Waals surface area contributed by atoms with Gasteiger partial charge in [0.05, 0.1) is 28.5 Å². The Labute approximate surface area is 161 Å². The molecule has 27 heavy (non-hydrogen) atoms. The summed E-state index contributed by atoms with van der Waals surface area (Å²) in [6.07, 6.45) is 2.66. The van der Waals surface area contributed by atoms with Crippen LogP contribution in [0.3, 0.4) is 0 Å². The molecule has 8 heteroatoms. The van der Waals surface area contributed by atoms with Gasteiger partial charge in [-0.2, -0.15) is 0 Å². The van der Waals surface area contributed by atoms with E-state index in [4.69, 9.17) is 9.15 Å². The van der Waals surface area contributed by atoms with E-state index in [-0.39, 0.29) is 39.0 Å². The Bertz CT molecular complexity index is 1080. The standard InChI is InChI=1S/C19H18O6S2/c1-10(2)24-19(21)11-5-6-15-13(7-11)17(20)14-8-12(26(3)22)9-16(27(4)23)18(14)25-15/h5-10H,1-4H3. The highest BCUT2D eigenvalue weighted by atomic mass is 32.2. The van der Waals surface area contributed by atoms with Crippen LogP contribution in [-0.4, -0.2) is 33.7 Å². The molecule has 3 rings (SSSR count). The van der Waals surface area contributed by atoms with Crippen LogP contribution in [0, 0.1) is 0 Å². The van der Waals surface area contributed by atoms with Crippen molar-refractivity contribution in [2.45, 2.75) is 29.7 Å². The van der Waals surface area contributed by atoms with Crippen molar-refractivity contribution in [3.8, 4) is 0 Å². The first-order valence-electron chi connectivity index (χ1n) is 8.11. The lowest BCUT2D eigenvalue weighted by Gasteiger charge is -2.12. The summed E-state index contributed by atoms with van der Waals surface area (Å²) in [6, 6.07) is 7.45. The minimum atomic E-state index is -1.44. The van der Waals surface area contributed by atoms with Crippen molar-refractivity contribution < 1.29 is 23.1 Å². The number of hydrogen-bond donors (Lipinski definition) is 0. The molecule has 2 atom stereocenters. The summed E-state index contributed by atoms with van der Waals surface area (Å²) in [5.74, 6) is -0.537. The Morgan fingerprint density at radius 2 is 1.78 bits per heavy atom. The minimum Gasteiger partial charge on any atom is -0.612 e. The number of ether oxygens (including phenoxy) is 1. The van der Waals surface area contributed by atoms with Crippen LogP contribution >= 0.6 is 0 Å². The minimum absolute atomic E-state index is 0.176. The van der Waals surface area contributed by atoms with E-state index >= 15 is 0 Å². The molecular weight excluding hydrogens is 388 g/mol. The molecule has 2 unspecified atom stereocenters. The highest BCUT2D eigenvalue weighted by Gasteiger charge is 2.22. The Hall–Kier alpha value is -2.00. The number of esters is 1. The molecule has 1 heterocycles. The number of hydrogen-bond acceptors (Lipinski definition) is 6. The van der Waals surface area contributed by atoms with Crippen LogP contribution in [0.15, 0.2) is 49.3 Å². The van der Waals surface area contributed by atoms with Crippen LogP contribution in [-0.2, 0) is 27.1 Å². The summed E-state index contributed by atoms with van der Waals surface area (Å²) in [7, 11) is 0. The van der Waals surface area contributed by atoms with E-state index in [0.29, 0.717) is 9.79 Å². The highest BCUT2D eigenvalue weighted by molar-refractivity contribution is 7.91. The molecule has 3 aromatic rings. The van der Waals surface area contributed by atoms with Crippen LogP contribution in [0.2, 0.25) is 0 Å². The summed E-state index contributed by atoms with van der Waals surface area (Å²) < 4.78 is 35.0. The van der Waals surface area contributed by atoms with Crippen LogP contribution in [0.1, 0.15) is 24.2 Å². The molecule has 0 saturated carbocycles. The van der Waals surface area contributed by atoms with Crippen LogP contribution in [0.25, 0.3) is 21.9 Å². The van der Waals surface area contributed by atoms with Gasteiger partial charge in [0, 0.05) is 6.07 Å². The lowest BCUT2D eigenvalue weighted by atomic mass is 10.1. The number of rotatable bonds is 4. The molecule has 2 aromatic carbocycles. The van der Waals surface area contributed by atoms with E-state index in [1.54, 1.807) is 13.8 Å².